The average molecular weight is 255 g/mol. The predicted molar refractivity (Wildman–Crippen MR) is 67.0 cm³/mol. The lowest BCUT2D eigenvalue weighted by Gasteiger charge is -2.03. The van der Waals surface area contributed by atoms with Crippen molar-refractivity contribution < 1.29 is 0 Å². The quantitative estimate of drug-likeness (QED) is 0.675. The van der Waals surface area contributed by atoms with Gasteiger partial charge in [0, 0.05) is 5.56 Å². The van der Waals surface area contributed by atoms with Crippen molar-refractivity contribution in [1.82, 2.24) is 14.9 Å². The molecule has 0 aliphatic carbocycles. The molecule has 84 valence electrons. The third kappa shape index (κ3) is 2.01. The summed E-state index contributed by atoms with van der Waals surface area (Å²) >= 11 is 7.62. The summed E-state index contributed by atoms with van der Waals surface area (Å²) in [6.45, 7) is 2.04. The molecule has 0 amide bonds. The predicted octanol–water partition coefficient (Wildman–Crippen LogP) is 2.42. The molecule has 0 aliphatic rings. The number of thioether (sulfide) groups is 1. The van der Waals surface area contributed by atoms with Gasteiger partial charge in [-0.15, -0.1) is 10.2 Å². The van der Waals surface area contributed by atoms with Gasteiger partial charge in [-0.05, 0) is 17.9 Å². The summed E-state index contributed by atoms with van der Waals surface area (Å²) in [6.07, 6.45) is 0. The molecule has 0 aliphatic heterocycles. The second-order valence-electron chi connectivity index (χ2n) is 3.09. The minimum atomic E-state index is 0.585. The van der Waals surface area contributed by atoms with Crippen molar-refractivity contribution in [3.8, 4) is 11.4 Å². The van der Waals surface area contributed by atoms with E-state index in [9.17, 15) is 0 Å². The first kappa shape index (κ1) is 11.3. The Morgan fingerprint density at radius 3 is 2.81 bits per heavy atom. The normalized spacial score (nSPS) is 10.6. The van der Waals surface area contributed by atoms with Gasteiger partial charge in [-0.3, -0.25) is 0 Å². The van der Waals surface area contributed by atoms with Crippen LogP contribution in [0, 0.1) is 0 Å². The van der Waals surface area contributed by atoms with E-state index in [2.05, 4.69) is 10.2 Å². The molecule has 1 aromatic heterocycles. The van der Waals surface area contributed by atoms with E-state index in [1.165, 1.54) is 4.68 Å². The van der Waals surface area contributed by atoms with Crippen LogP contribution in [-0.2, 0) is 0 Å². The second kappa shape index (κ2) is 4.76. The fourth-order valence-corrected chi connectivity index (χ4v) is 2.13. The van der Waals surface area contributed by atoms with E-state index in [1.54, 1.807) is 17.8 Å². The Labute approximate surface area is 103 Å². The van der Waals surface area contributed by atoms with Crippen LogP contribution in [0.5, 0.6) is 0 Å². The van der Waals surface area contributed by atoms with Crippen LogP contribution in [0.25, 0.3) is 11.4 Å². The summed E-state index contributed by atoms with van der Waals surface area (Å²) in [5.41, 5.74) is 0.794. The summed E-state index contributed by atoms with van der Waals surface area (Å²) < 4.78 is 1.47. The average Bonchev–Trinajstić information content (AvgIpc) is 2.62. The van der Waals surface area contributed by atoms with Crippen molar-refractivity contribution in [3.05, 3.63) is 29.3 Å². The number of rotatable bonds is 3. The first-order chi connectivity index (χ1) is 7.74. The molecule has 2 rings (SSSR count). The van der Waals surface area contributed by atoms with Crippen molar-refractivity contribution in [2.45, 2.75) is 12.1 Å². The first-order valence-corrected chi connectivity index (χ1v) is 6.18. The highest BCUT2D eigenvalue weighted by Crippen LogP contribution is 2.27. The van der Waals surface area contributed by atoms with Gasteiger partial charge in [0.25, 0.3) is 0 Å². The summed E-state index contributed by atoms with van der Waals surface area (Å²) in [5, 5.41) is 9.38. The lowest BCUT2D eigenvalue weighted by molar-refractivity contribution is 0.850. The van der Waals surface area contributed by atoms with Crippen LogP contribution in [0.2, 0.25) is 5.02 Å². The Bertz CT molecular complexity index is 497. The number of benzene rings is 1. The largest absolute Gasteiger partial charge is 0.335 e. The fraction of sp³-hybridized carbons (Fsp3) is 0.200. The van der Waals surface area contributed by atoms with Crippen molar-refractivity contribution in [1.29, 1.82) is 0 Å². The van der Waals surface area contributed by atoms with Gasteiger partial charge in [-0.1, -0.05) is 42.4 Å². The summed E-state index contributed by atoms with van der Waals surface area (Å²) in [5.74, 6) is 7.39. The third-order valence-electron chi connectivity index (χ3n) is 2.05. The second-order valence-corrected chi connectivity index (χ2v) is 4.73. The van der Waals surface area contributed by atoms with Crippen molar-refractivity contribution in [2.24, 2.45) is 0 Å². The van der Waals surface area contributed by atoms with Crippen LogP contribution in [-0.4, -0.2) is 20.6 Å². The van der Waals surface area contributed by atoms with Crippen LogP contribution < -0.4 is 5.84 Å². The van der Waals surface area contributed by atoms with Gasteiger partial charge >= 0.3 is 0 Å². The van der Waals surface area contributed by atoms with Gasteiger partial charge in [0.05, 0.1) is 5.02 Å². The molecule has 16 heavy (non-hydrogen) atoms. The molecule has 0 bridgehead atoms. The lowest BCUT2D eigenvalue weighted by atomic mass is 10.2. The zero-order valence-corrected chi connectivity index (χ0v) is 10.3. The van der Waals surface area contributed by atoms with E-state index in [0.29, 0.717) is 16.0 Å². The Hall–Kier alpha value is -1.20. The molecule has 6 heteroatoms. The Kier molecular flexibility index (Phi) is 3.36. The summed E-state index contributed by atoms with van der Waals surface area (Å²) in [6, 6.07) is 7.43. The highest BCUT2D eigenvalue weighted by Gasteiger charge is 2.13. The number of aromatic nitrogens is 3. The fourth-order valence-electron chi connectivity index (χ4n) is 1.33. The van der Waals surface area contributed by atoms with E-state index in [0.717, 1.165) is 11.3 Å². The molecule has 2 aromatic rings. The van der Waals surface area contributed by atoms with Crippen LogP contribution in [0.1, 0.15) is 6.92 Å². The van der Waals surface area contributed by atoms with E-state index in [4.69, 9.17) is 17.4 Å². The van der Waals surface area contributed by atoms with Gasteiger partial charge in [0.15, 0.2) is 5.82 Å². The molecule has 0 radical (unpaired) electrons. The number of halogens is 1. The van der Waals surface area contributed by atoms with Crippen molar-refractivity contribution in [2.75, 3.05) is 11.6 Å². The molecule has 0 unspecified atom stereocenters. The maximum Gasteiger partial charge on any atom is 0.210 e. The molecule has 0 saturated carbocycles. The van der Waals surface area contributed by atoms with Crippen molar-refractivity contribution >= 4 is 23.4 Å². The topological polar surface area (TPSA) is 56.7 Å². The molecule has 0 saturated heterocycles. The maximum atomic E-state index is 6.07. The molecule has 4 nitrogen and oxygen atoms in total. The molecule has 0 spiro atoms. The molecular formula is C10H11ClN4S. The van der Waals surface area contributed by atoms with Crippen LogP contribution in [0.3, 0.4) is 0 Å². The van der Waals surface area contributed by atoms with Gasteiger partial charge in [-0.2, -0.15) is 0 Å². The van der Waals surface area contributed by atoms with E-state index < -0.39 is 0 Å². The highest BCUT2D eigenvalue weighted by atomic mass is 35.5. The number of hydrogen-bond donors (Lipinski definition) is 1. The maximum absolute atomic E-state index is 6.07. The third-order valence-corrected chi connectivity index (χ3v) is 3.21. The lowest BCUT2D eigenvalue weighted by Crippen LogP contribution is -2.11. The highest BCUT2D eigenvalue weighted by molar-refractivity contribution is 7.99. The van der Waals surface area contributed by atoms with Gasteiger partial charge in [0.2, 0.25) is 5.16 Å². The SMILES string of the molecule is CCSc1nnc(-c2ccccc2Cl)n1N. The minimum absolute atomic E-state index is 0.585. The van der Waals surface area contributed by atoms with E-state index in [1.807, 2.05) is 25.1 Å². The molecule has 0 atom stereocenters. The van der Waals surface area contributed by atoms with Gasteiger partial charge in [-0.25, -0.2) is 4.68 Å². The number of nitrogen functional groups attached to an aromatic ring is 1. The van der Waals surface area contributed by atoms with Crippen LogP contribution in [0.4, 0.5) is 0 Å². The first-order valence-electron chi connectivity index (χ1n) is 4.82. The smallest absolute Gasteiger partial charge is 0.210 e. The molecule has 2 N–H and O–H groups in total. The zero-order chi connectivity index (χ0) is 11.5. The van der Waals surface area contributed by atoms with Gasteiger partial charge in [0.1, 0.15) is 0 Å². The minimum Gasteiger partial charge on any atom is -0.335 e. The van der Waals surface area contributed by atoms with Gasteiger partial charge < -0.3 is 5.84 Å². The number of nitrogens with two attached hydrogens (primary N) is 1. The Balaban J connectivity index is 2.45. The van der Waals surface area contributed by atoms with Crippen LogP contribution >= 0.6 is 23.4 Å². The van der Waals surface area contributed by atoms with E-state index >= 15 is 0 Å². The number of nitrogens with zero attached hydrogens (tertiary/aromatic N) is 3. The molecular weight excluding hydrogens is 244 g/mol. The van der Waals surface area contributed by atoms with Crippen LogP contribution in [0.15, 0.2) is 29.4 Å². The summed E-state index contributed by atoms with van der Waals surface area (Å²) in [4.78, 5) is 0. The molecule has 0 fully saturated rings. The molecule has 1 aromatic carbocycles. The monoisotopic (exact) mass is 254 g/mol. The Morgan fingerprint density at radius 2 is 2.12 bits per heavy atom. The zero-order valence-electron chi connectivity index (χ0n) is 8.72. The van der Waals surface area contributed by atoms with Crippen molar-refractivity contribution in [3.63, 3.8) is 0 Å². The standard InChI is InChI=1S/C10H11ClN4S/c1-2-16-10-14-13-9(15(10)12)7-5-3-4-6-8(7)11/h3-6H,2,12H2,1H3. The summed E-state index contributed by atoms with van der Waals surface area (Å²) in [7, 11) is 0. The Morgan fingerprint density at radius 1 is 1.38 bits per heavy atom. The number of hydrogen-bond acceptors (Lipinski definition) is 4. The van der Waals surface area contributed by atoms with E-state index in [-0.39, 0.29) is 0 Å². The molecule has 1 heterocycles.